The summed E-state index contributed by atoms with van der Waals surface area (Å²) in [5.41, 5.74) is 2.02. The maximum absolute atomic E-state index is 4.50. The number of hydrogen-bond acceptors (Lipinski definition) is 4. The van der Waals surface area contributed by atoms with Crippen molar-refractivity contribution in [2.75, 3.05) is 18.0 Å². The first-order chi connectivity index (χ1) is 8.74. The Labute approximate surface area is 108 Å². The van der Waals surface area contributed by atoms with E-state index in [1.165, 1.54) is 0 Å². The lowest BCUT2D eigenvalue weighted by Gasteiger charge is -2.20. The van der Waals surface area contributed by atoms with Crippen molar-refractivity contribution >= 4 is 5.82 Å². The Morgan fingerprint density at radius 1 is 1.06 bits per heavy atom. The first kappa shape index (κ1) is 12.5. The molecule has 2 rings (SSSR count). The van der Waals surface area contributed by atoms with Gasteiger partial charge in [0, 0.05) is 37.1 Å². The van der Waals surface area contributed by atoms with Crippen LogP contribution in [-0.2, 0) is 0 Å². The number of anilines is 1. The van der Waals surface area contributed by atoms with E-state index in [0.29, 0.717) is 0 Å². The summed E-state index contributed by atoms with van der Waals surface area (Å²) in [4.78, 5) is 15.2. The molecule has 4 nitrogen and oxygen atoms in total. The second-order valence-electron chi connectivity index (χ2n) is 4.07. The monoisotopic (exact) mass is 242 g/mol. The molecule has 0 radical (unpaired) electrons. The molecule has 0 N–H and O–H groups in total. The van der Waals surface area contributed by atoms with Crippen LogP contribution in [0.5, 0.6) is 0 Å². The molecule has 0 fully saturated rings. The topological polar surface area (TPSA) is 41.9 Å². The van der Waals surface area contributed by atoms with Crippen LogP contribution in [0.4, 0.5) is 5.82 Å². The minimum Gasteiger partial charge on any atom is -0.357 e. The maximum atomic E-state index is 4.50. The van der Waals surface area contributed by atoms with Gasteiger partial charge in [0.05, 0.1) is 5.69 Å². The summed E-state index contributed by atoms with van der Waals surface area (Å²) in [5.74, 6) is 1.78. The molecule has 0 saturated heterocycles. The molecular weight excluding hydrogens is 224 g/mol. The van der Waals surface area contributed by atoms with Gasteiger partial charge in [0.2, 0.25) is 0 Å². The highest BCUT2D eigenvalue weighted by Crippen LogP contribution is 2.21. The van der Waals surface area contributed by atoms with Gasteiger partial charge in [-0.3, -0.25) is 4.98 Å². The molecule has 0 aliphatic carbocycles. The van der Waals surface area contributed by atoms with Gasteiger partial charge in [0.15, 0.2) is 0 Å². The summed E-state index contributed by atoms with van der Waals surface area (Å²) >= 11 is 0. The van der Waals surface area contributed by atoms with Crippen LogP contribution in [0.2, 0.25) is 0 Å². The third kappa shape index (κ3) is 2.64. The molecular formula is C14H18N4. The zero-order valence-electron chi connectivity index (χ0n) is 11.1. The molecule has 18 heavy (non-hydrogen) atoms. The minimum atomic E-state index is 0.797. The molecule has 0 bridgehead atoms. The van der Waals surface area contributed by atoms with Crippen LogP contribution in [0.3, 0.4) is 0 Å². The fourth-order valence-electron chi connectivity index (χ4n) is 1.93. The molecule has 4 heteroatoms. The SMILES string of the molecule is CCN(CC)c1cc(-c2ccncc2)nc(C)n1. The van der Waals surface area contributed by atoms with Gasteiger partial charge in [-0.25, -0.2) is 9.97 Å². The van der Waals surface area contributed by atoms with Gasteiger partial charge in [-0.1, -0.05) is 0 Å². The molecule has 0 aliphatic heterocycles. The number of nitrogens with zero attached hydrogens (tertiary/aromatic N) is 4. The smallest absolute Gasteiger partial charge is 0.132 e. The van der Waals surface area contributed by atoms with E-state index in [4.69, 9.17) is 0 Å². The van der Waals surface area contributed by atoms with Gasteiger partial charge in [-0.15, -0.1) is 0 Å². The van der Waals surface area contributed by atoms with E-state index in [-0.39, 0.29) is 0 Å². The molecule has 2 heterocycles. The number of hydrogen-bond donors (Lipinski definition) is 0. The minimum absolute atomic E-state index is 0.797. The molecule has 2 aromatic heterocycles. The predicted molar refractivity (Wildman–Crippen MR) is 73.6 cm³/mol. The summed E-state index contributed by atoms with van der Waals surface area (Å²) in [7, 11) is 0. The first-order valence-corrected chi connectivity index (χ1v) is 6.25. The fraction of sp³-hybridized carbons (Fsp3) is 0.357. The van der Waals surface area contributed by atoms with E-state index in [1.54, 1.807) is 12.4 Å². The van der Waals surface area contributed by atoms with Crippen LogP contribution in [0.15, 0.2) is 30.6 Å². The Hall–Kier alpha value is -1.97. The summed E-state index contributed by atoms with van der Waals surface area (Å²) in [5, 5.41) is 0. The van der Waals surface area contributed by atoms with Crippen molar-refractivity contribution < 1.29 is 0 Å². The molecule has 0 saturated carbocycles. The Balaban J connectivity index is 2.44. The zero-order valence-corrected chi connectivity index (χ0v) is 11.1. The van der Waals surface area contributed by atoms with Crippen molar-refractivity contribution in [1.82, 2.24) is 15.0 Å². The molecule has 2 aromatic rings. The van der Waals surface area contributed by atoms with E-state index in [0.717, 1.165) is 36.0 Å². The average molecular weight is 242 g/mol. The van der Waals surface area contributed by atoms with E-state index in [1.807, 2.05) is 25.1 Å². The molecule has 0 unspecified atom stereocenters. The highest BCUT2D eigenvalue weighted by Gasteiger charge is 2.08. The summed E-state index contributed by atoms with van der Waals surface area (Å²) in [6.07, 6.45) is 3.56. The van der Waals surface area contributed by atoms with Gasteiger partial charge >= 0.3 is 0 Å². The second-order valence-corrected chi connectivity index (χ2v) is 4.07. The van der Waals surface area contributed by atoms with E-state index < -0.39 is 0 Å². The number of aryl methyl sites for hydroxylation is 1. The van der Waals surface area contributed by atoms with Crippen LogP contribution in [0.1, 0.15) is 19.7 Å². The van der Waals surface area contributed by atoms with Crippen molar-refractivity contribution in [3.63, 3.8) is 0 Å². The molecule has 0 aromatic carbocycles. The van der Waals surface area contributed by atoms with Gasteiger partial charge in [0.1, 0.15) is 11.6 Å². The largest absolute Gasteiger partial charge is 0.357 e. The Bertz CT molecular complexity index is 506. The lowest BCUT2D eigenvalue weighted by molar-refractivity contribution is 0.835. The molecule has 0 atom stereocenters. The lowest BCUT2D eigenvalue weighted by Crippen LogP contribution is -2.23. The van der Waals surface area contributed by atoms with Gasteiger partial charge in [-0.05, 0) is 32.9 Å². The van der Waals surface area contributed by atoms with Crippen LogP contribution in [0.25, 0.3) is 11.3 Å². The van der Waals surface area contributed by atoms with Crippen molar-refractivity contribution in [2.45, 2.75) is 20.8 Å². The average Bonchev–Trinajstić information content (AvgIpc) is 2.40. The van der Waals surface area contributed by atoms with E-state index >= 15 is 0 Å². The number of rotatable bonds is 4. The number of aromatic nitrogens is 3. The molecule has 0 amide bonds. The Kier molecular flexibility index (Phi) is 3.87. The predicted octanol–water partition coefficient (Wildman–Crippen LogP) is 2.69. The van der Waals surface area contributed by atoms with E-state index in [9.17, 15) is 0 Å². The quantitative estimate of drug-likeness (QED) is 0.826. The summed E-state index contributed by atoms with van der Waals surface area (Å²) in [6.45, 7) is 8.09. The Morgan fingerprint density at radius 2 is 1.72 bits per heavy atom. The van der Waals surface area contributed by atoms with Crippen LogP contribution >= 0.6 is 0 Å². The van der Waals surface area contributed by atoms with Crippen LogP contribution in [0, 0.1) is 6.92 Å². The van der Waals surface area contributed by atoms with Crippen molar-refractivity contribution in [1.29, 1.82) is 0 Å². The van der Waals surface area contributed by atoms with Crippen molar-refractivity contribution in [2.24, 2.45) is 0 Å². The third-order valence-corrected chi connectivity index (χ3v) is 2.89. The van der Waals surface area contributed by atoms with Crippen molar-refractivity contribution in [3.8, 4) is 11.3 Å². The fourth-order valence-corrected chi connectivity index (χ4v) is 1.93. The van der Waals surface area contributed by atoms with E-state index in [2.05, 4.69) is 33.7 Å². The lowest BCUT2D eigenvalue weighted by atomic mass is 10.2. The zero-order chi connectivity index (χ0) is 13.0. The normalized spacial score (nSPS) is 10.4. The Morgan fingerprint density at radius 3 is 2.33 bits per heavy atom. The molecule has 94 valence electrons. The summed E-state index contributed by atoms with van der Waals surface area (Å²) < 4.78 is 0. The highest BCUT2D eigenvalue weighted by atomic mass is 15.2. The van der Waals surface area contributed by atoms with Gasteiger partial charge in [0.25, 0.3) is 0 Å². The number of pyridine rings is 1. The molecule has 0 spiro atoms. The second kappa shape index (κ2) is 5.58. The first-order valence-electron chi connectivity index (χ1n) is 6.25. The standard InChI is InChI=1S/C14H18N4/c1-4-18(5-2)14-10-13(16-11(3)17-14)12-6-8-15-9-7-12/h6-10H,4-5H2,1-3H3. The van der Waals surface area contributed by atoms with Gasteiger partial charge in [-0.2, -0.15) is 0 Å². The summed E-state index contributed by atoms with van der Waals surface area (Å²) in [6, 6.07) is 5.97. The molecule has 0 aliphatic rings. The van der Waals surface area contributed by atoms with Crippen molar-refractivity contribution in [3.05, 3.63) is 36.4 Å². The maximum Gasteiger partial charge on any atom is 0.132 e. The van der Waals surface area contributed by atoms with Gasteiger partial charge < -0.3 is 4.90 Å². The third-order valence-electron chi connectivity index (χ3n) is 2.89. The van der Waals surface area contributed by atoms with Crippen LogP contribution in [-0.4, -0.2) is 28.0 Å². The highest BCUT2D eigenvalue weighted by molar-refractivity contribution is 5.62. The van der Waals surface area contributed by atoms with Crippen LogP contribution < -0.4 is 4.90 Å².